The second-order valence-electron chi connectivity index (χ2n) is 12.0. The first-order valence-electron chi connectivity index (χ1n) is 15.5. The molecular weight excluding hydrogens is 638 g/mol. The first-order chi connectivity index (χ1) is 22.6. The molecule has 244 valence electrons. The highest BCUT2D eigenvalue weighted by Crippen LogP contribution is 2.48. The van der Waals surface area contributed by atoms with Crippen LogP contribution in [0.5, 0.6) is 17.2 Å². The fraction of sp³-hybridized carbons (Fsp3) is 0.270. The number of hydrogen-bond donors (Lipinski definition) is 1. The first-order valence-corrected chi connectivity index (χ1v) is 17.3. The number of benzene rings is 4. The summed E-state index contributed by atoms with van der Waals surface area (Å²) in [5.74, 6) is 0.0911. The summed E-state index contributed by atoms with van der Waals surface area (Å²) in [5.41, 5.74) is 3.49. The third-order valence-electron chi connectivity index (χ3n) is 8.77. The molecule has 0 aromatic heterocycles. The van der Waals surface area contributed by atoms with Gasteiger partial charge in [0.05, 0.1) is 17.1 Å². The Bertz CT molecular complexity index is 1860. The highest BCUT2D eigenvalue weighted by Gasteiger charge is 2.45. The van der Waals surface area contributed by atoms with Gasteiger partial charge in [0.25, 0.3) is 0 Å². The summed E-state index contributed by atoms with van der Waals surface area (Å²) in [6.45, 7) is 6.30. The first kappa shape index (κ1) is 32.8. The third-order valence-corrected chi connectivity index (χ3v) is 10.9. The van der Waals surface area contributed by atoms with Crippen molar-refractivity contribution < 1.29 is 32.5 Å². The number of nitrogens with zero attached hydrogens (tertiary/aromatic N) is 1. The second kappa shape index (κ2) is 13.9. The van der Waals surface area contributed by atoms with Gasteiger partial charge in [-0.05, 0) is 85.3 Å². The average Bonchev–Trinajstić information content (AvgIpc) is 3.07. The summed E-state index contributed by atoms with van der Waals surface area (Å²) < 4.78 is 47.7. The van der Waals surface area contributed by atoms with E-state index in [4.69, 9.17) is 25.8 Å². The van der Waals surface area contributed by atoms with E-state index in [0.717, 1.165) is 16.7 Å². The molecule has 0 aliphatic carbocycles. The number of sulfonamides is 1. The molecule has 2 saturated heterocycles. The van der Waals surface area contributed by atoms with Crippen LogP contribution in [-0.2, 0) is 19.6 Å². The molecule has 2 heterocycles. The molecule has 0 bridgehead atoms. The smallest absolute Gasteiger partial charge is 0.341 e. The Morgan fingerprint density at radius 2 is 1.70 bits per heavy atom. The van der Waals surface area contributed by atoms with E-state index in [1.165, 1.54) is 0 Å². The van der Waals surface area contributed by atoms with Gasteiger partial charge in [-0.2, -0.15) is 4.31 Å². The van der Waals surface area contributed by atoms with Crippen LogP contribution in [0.15, 0.2) is 114 Å². The SMILES string of the molecule is C=C(C)[C@@H]1C[C@@H]2CN(S(=O)(=O)c3ccc(-c4ccccc4)cc3)CC[C@H]2O[C@H]1c1cc(Oc2cccc(Cl)c2)ccc1OCC(=O)O. The van der Waals surface area contributed by atoms with Crippen LogP contribution in [0.4, 0.5) is 0 Å². The van der Waals surface area contributed by atoms with Crippen molar-refractivity contribution in [2.24, 2.45) is 11.8 Å². The summed E-state index contributed by atoms with van der Waals surface area (Å²) in [7, 11) is -3.72. The normalized spacial score (nSPS) is 21.4. The molecule has 6 rings (SSSR count). The van der Waals surface area contributed by atoms with Crippen LogP contribution < -0.4 is 9.47 Å². The number of ether oxygens (including phenoxy) is 3. The molecule has 2 aliphatic heterocycles. The minimum absolute atomic E-state index is 0.0608. The Kier molecular flexibility index (Phi) is 9.70. The zero-order valence-corrected chi connectivity index (χ0v) is 27.5. The second-order valence-corrected chi connectivity index (χ2v) is 14.4. The number of carboxylic acid groups (broad SMARTS) is 1. The number of piperidine rings is 1. The van der Waals surface area contributed by atoms with Crippen LogP contribution in [0.25, 0.3) is 11.1 Å². The molecule has 0 unspecified atom stereocenters. The minimum Gasteiger partial charge on any atom is -0.482 e. The Morgan fingerprint density at radius 3 is 2.40 bits per heavy atom. The molecule has 4 aromatic carbocycles. The van der Waals surface area contributed by atoms with Gasteiger partial charge in [0.15, 0.2) is 6.61 Å². The zero-order chi connectivity index (χ0) is 33.1. The van der Waals surface area contributed by atoms with E-state index < -0.39 is 28.7 Å². The van der Waals surface area contributed by atoms with Gasteiger partial charge in [-0.25, -0.2) is 13.2 Å². The van der Waals surface area contributed by atoms with E-state index in [-0.39, 0.29) is 22.8 Å². The van der Waals surface area contributed by atoms with Gasteiger partial charge in [0.1, 0.15) is 17.2 Å². The Hall–Kier alpha value is -4.15. The minimum atomic E-state index is -3.72. The van der Waals surface area contributed by atoms with E-state index >= 15 is 0 Å². The van der Waals surface area contributed by atoms with Crippen LogP contribution >= 0.6 is 11.6 Å². The quantitative estimate of drug-likeness (QED) is 0.170. The topological polar surface area (TPSA) is 102 Å². The summed E-state index contributed by atoms with van der Waals surface area (Å²) >= 11 is 6.16. The van der Waals surface area contributed by atoms with E-state index in [2.05, 4.69) is 6.58 Å². The van der Waals surface area contributed by atoms with Gasteiger partial charge in [0.2, 0.25) is 10.0 Å². The molecular formula is C37H36ClNO7S. The lowest BCUT2D eigenvalue weighted by Gasteiger charge is -2.47. The largest absolute Gasteiger partial charge is 0.482 e. The lowest BCUT2D eigenvalue weighted by atomic mass is 9.76. The van der Waals surface area contributed by atoms with Gasteiger partial charge in [-0.1, -0.05) is 72.3 Å². The zero-order valence-electron chi connectivity index (χ0n) is 25.9. The molecule has 0 amide bonds. The average molecular weight is 674 g/mol. The number of carboxylic acids is 1. The van der Waals surface area contributed by atoms with Crippen molar-refractivity contribution in [3.05, 3.63) is 120 Å². The molecule has 4 atom stereocenters. The lowest BCUT2D eigenvalue weighted by molar-refractivity contribution is -0.139. The molecule has 4 aromatic rings. The van der Waals surface area contributed by atoms with Gasteiger partial charge in [0, 0.05) is 29.6 Å². The summed E-state index contributed by atoms with van der Waals surface area (Å²) in [5, 5.41) is 9.86. The van der Waals surface area contributed by atoms with Crippen LogP contribution in [0.3, 0.4) is 0 Å². The number of rotatable bonds is 10. The summed E-state index contributed by atoms with van der Waals surface area (Å²) in [6.07, 6.45) is 0.429. The van der Waals surface area contributed by atoms with Gasteiger partial charge in [-0.15, -0.1) is 0 Å². The van der Waals surface area contributed by atoms with Crippen molar-refractivity contribution in [3.63, 3.8) is 0 Å². The van der Waals surface area contributed by atoms with E-state index in [1.807, 2.05) is 49.4 Å². The maximum absolute atomic E-state index is 13.8. The standard InChI is InChI=1S/C37H36ClNO7S/c1-24(2)32-19-27-22-39(47(42,43)31-14-11-26(12-15-31)25-7-4-3-5-8-25)18-17-34(27)46-37(32)33-21-30(13-16-35(33)44-23-36(40)41)45-29-10-6-9-28(38)20-29/h3-16,20-21,27,32,34,37H,1,17-19,22-23H2,2H3,(H,40,41)/t27-,32+,34-,37-/m1/s1. The van der Waals surface area contributed by atoms with Gasteiger partial charge in [-0.3, -0.25) is 0 Å². The number of hydrogen-bond acceptors (Lipinski definition) is 6. The Balaban J connectivity index is 1.23. The predicted octanol–water partition coefficient (Wildman–Crippen LogP) is 8.00. The predicted molar refractivity (Wildman–Crippen MR) is 180 cm³/mol. The molecule has 1 N–H and O–H groups in total. The van der Waals surface area contributed by atoms with Crippen molar-refractivity contribution >= 4 is 27.6 Å². The number of halogens is 1. The maximum Gasteiger partial charge on any atom is 0.341 e. The monoisotopic (exact) mass is 673 g/mol. The van der Waals surface area contributed by atoms with Gasteiger partial charge >= 0.3 is 5.97 Å². The Morgan fingerprint density at radius 1 is 0.979 bits per heavy atom. The maximum atomic E-state index is 13.8. The van der Waals surface area contributed by atoms with Crippen molar-refractivity contribution in [1.29, 1.82) is 0 Å². The highest BCUT2D eigenvalue weighted by molar-refractivity contribution is 7.89. The molecule has 2 aliphatic rings. The van der Waals surface area contributed by atoms with Crippen molar-refractivity contribution in [2.45, 2.75) is 36.9 Å². The molecule has 8 nitrogen and oxygen atoms in total. The molecule has 0 spiro atoms. The van der Waals surface area contributed by atoms with E-state index in [9.17, 15) is 18.3 Å². The van der Waals surface area contributed by atoms with Crippen molar-refractivity contribution in [2.75, 3.05) is 19.7 Å². The van der Waals surface area contributed by atoms with E-state index in [1.54, 1.807) is 58.9 Å². The number of fused-ring (bicyclic) bond motifs is 1. The molecule has 0 saturated carbocycles. The highest BCUT2D eigenvalue weighted by atomic mass is 35.5. The van der Waals surface area contributed by atoms with Crippen LogP contribution in [-0.4, -0.2) is 49.6 Å². The fourth-order valence-electron chi connectivity index (χ4n) is 6.43. The number of aliphatic carboxylic acids is 1. The van der Waals surface area contributed by atoms with Crippen molar-refractivity contribution in [3.8, 4) is 28.4 Å². The third kappa shape index (κ3) is 7.39. The lowest BCUT2D eigenvalue weighted by Crippen LogP contribution is -2.50. The molecule has 2 fully saturated rings. The Labute approximate surface area is 280 Å². The fourth-order valence-corrected chi connectivity index (χ4v) is 8.12. The van der Waals surface area contributed by atoms with Crippen LogP contribution in [0, 0.1) is 11.8 Å². The molecule has 10 heteroatoms. The molecule has 47 heavy (non-hydrogen) atoms. The van der Waals surface area contributed by atoms with Gasteiger partial charge < -0.3 is 19.3 Å². The number of carbonyl (C=O) groups is 1. The summed E-state index contributed by atoms with van der Waals surface area (Å²) in [6, 6.07) is 29.1. The van der Waals surface area contributed by atoms with Crippen molar-refractivity contribution in [1.82, 2.24) is 4.31 Å². The van der Waals surface area contributed by atoms with Crippen LogP contribution in [0.1, 0.15) is 31.4 Å². The summed E-state index contributed by atoms with van der Waals surface area (Å²) in [4.78, 5) is 11.7. The van der Waals surface area contributed by atoms with E-state index in [0.29, 0.717) is 53.8 Å². The van der Waals surface area contributed by atoms with Crippen LogP contribution in [0.2, 0.25) is 5.02 Å². The molecule has 0 radical (unpaired) electrons.